The molecule has 0 saturated heterocycles. The number of para-hydroxylation sites is 2. The summed E-state index contributed by atoms with van der Waals surface area (Å²) >= 11 is 2.94. The first-order valence-electron chi connectivity index (χ1n) is 16.6. The van der Waals surface area contributed by atoms with E-state index in [1.807, 2.05) is 46.2 Å². The first-order chi connectivity index (χ1) is 20.7. The SMILES string of the molecule is CCCCCCCCCCN1C(=O)/C(=C2\Sc3ccccc3N(CCCCCCCCCC)C2=O)Sc2ccccc21. The van der Waals surface area contributed by atoms with Crippen LogP contribution in [0.5, 0.6) is 0 Å². The molecule has 0 aromatic heterocycles. The molecule has 0 radical (unpaired) electrons. The van der Waals surface area contributed by atoms with Gasteiger partial charge >= 0.3 is 0 Å². The predicted octanol–water partition coefficient (Wildman–Crippen LogP) is 10.8. The number of thioether (sulfide) groups is 2. The molecule has 2 aromatic carbocycles. The van der Waals surface area contributed by atoms with Gasteiger partial charge in [0.1, 0.15) is 0 Å². The Morgan fingerprint density at radius 3 is 1.19 bits per heavy atom. The van der Waals surface area contributed by atoms with Gasteiger partial charge in [0.15, 0.2) is 0 Å². The molecule has 0 atom stereocenters. The molecule has 4 rings (SSSR count). The second kappa shape index (κ2) is 17.8. The van der Waals surface area contributed by atoms with E-state index in [1.54, 1.807) is 0 Å². The van der Waals surface area contributed by atoms with Crippen LogP contribution in [0.15, 0.2) is 68.1 Å². The molecule has 0 bridgehead atoms. The molecule has 0 fully saturated rings. The van der Waals surface area contributed by atoms with E-state index in [0.717, 1.165) is 46.8 Å². The minimum Gasteiger partial charge on any atom is -0.307 e. The van der Waals surface area contributed by atoms with Crippen LogP contribution in [0.25, 0.3) is 0 Å². The predicted molar refractivity (Wildman–Crippen MR) is 182 cm³/mol. The van der Waals surface area contributed by atoms with E-state index in [4.69, 9.17) is 0 Å². The third-order valence-electron chi connectivity index (χ3n) is 8.29. The topological polar surface area (TPSA) is 40.6 Å². The van der Waals surface area contributed by atoms with Gasteiger partial charge in [-0.05, 0) is 37.1 Å². The molecule has 42 heavy (non-hydrogen) atoms. The lowest BCUT2D eigenvalue weighted by atomic mass is 10.1. The zero-order valence-electron chi connectivity index (χ0n) is 25.9. The molecule has 228 valence electrons. The summed E-state index contributed by atoms with van der Waals surface area (Å²) in [6, 6.07) is 16.3. The first-order valence-corrected chi connectivity index (χ1v) is 18.2. The monoisotopic (exact) mass is 606 g/mol. The van der Waals surface area contributed by atoms with Gasteiger partial charge in [0.25, 0.3) is 11.8 Å². The summed E-state index contributed by atoms with van der Waals surface area (Å²) in [4.78, 5) is 35.3. The molecule has 0 aliphatic carbocycles. The van der Waals surface area contributed by atoms with Crippen molar-refractivity contribution in [3.05, 3.63) is 58.3 Å². The summed E-state index contributed by atoms with van der Waals surface area (Å²) in [7, 11) is 0. The molecule has 2 aromatic rings. The quantitative estimate of drug-likeness (QED) is 0.125. The fourth-order valence-electron chi connectivity index (χ4n) is 5.84. The molecular weight excluding hydrogens is 557 g/mol. The number of amides is 2. The molecular formula is C36H50N2O2S2. The van der Waals surface area contributed by atoms with Crippen LogP contribution in [-0.4, -0.2) is 24.9 Å². The van der Waals surface area contributed by atoms with Gasteiger partial charge in [0.2, 0.25) is 0 Å². The number of hydrogen-bond donors (Lipinski definition) is 0. The standard InChI is InChI=1S/C36H50N2O2S2/c1-3-5-7-9-11-13-15-21-27-37-29-23-17-19-25-31(29)41-33(35(37)39)34-36(40)38(30-24-18-20-26-32(30)42-34)28-22-16-14-12-10-8-6-4-2/h17-20,23-26H,3-16,21-22,27-28H2,1-2H3/b34-33+. The Kier molecular flexibility index (Phi) is 13.9. The molecule has 2 amide bonds. The van der Waals surface area contributed by atoms with Crippen LogP contribution in [0.1, 0.15) is 117 Å². The van der Waals surface area contributed by atoms with Gasteiger partial charge in [0.05, 0.1) is 21.2 Å². The number of carbonyl (C=O) groups excluding carboxylic acids is 2. The number of anilines is 2. The summed E-state index contributed by atoms with van der Waals surface area (Å²) in [6.45, 7) is 5.89. The van der Waals surface area contributed by atoms with E-state index >= 15 is 0 Å². The van der Waals surface area contributed by atoms with E-state index in [1.165, 1.54) is 101 Å². The van der Waals surface area contributed by atoms with E-state index in [2.05, 4.69) is 26.0 Å². The summed E-state index contributed by atoms with van der Waals surface area (Å²) in [5, 5.41) is 0. The summed E-state index contributed by atoms with van der Waals surface area (Å²) < 4.78 is 0. The highest BCUT2D eigenvalue weighted by atomic mass is 32.2. The Hall–Kier alpha value is -2.18. The van der Waals surface area contributed by atoms with Crippen LogP contribution in [-0.2, 0) is 9.59 Å². The minimum atomic E-state index is -0.0242. The second-order valence-electron chi connectivity index (χ2n) is 11.7. The fraction of sp³-hybridized carbons (Fsp3) is 0.556. The van der Waals surface area contributed by atoms with Crippen molar-refractivity contribution in [3.8, 4) is 0 Å². The van der Waals surface area contributed by atoms with Crippen LogP contribution < -0.4 is 9.80 Å². The van der Waals surface area contributed by atoms with Crippen molar-refractivity contribution in [2.24, 2.45) is 0 Å². The Balaban J connectivity index is 1.46. The Morgan fingerprint density at radius 2 is 0.810 bits per heavy atom. The number of rotatable bonds is 18. The number of unbranched alkanes of at least 4 members (excludes halogenated alkanes) is 14. The zero-order chi connectivity index (χ0) is 29.6. The maximum atomic E-state index is 14.1. The first kappa shape index (κ1) is 32.7. The minimum absolute atomic E-state index is 0.0242. The lowest BCUT2D eigenvalue weighted by Crippen LogP contribution is -2.39. The Bertz CT molecular complexity index is 1100. The maximum absolute atomic E-state index is 14.1. The molecule has 0 N–H and O–H groups in total. The van der Waals surface area contributed by atoms with Crippen LogP contribution in [0, 0.1) is 0 Å². The lowest BCUT2D eigenvalue weighted by Gasteiger charge is -2.34. The number of carbonyl (C=O) groups is 2. The average Bonchev–Trinajstić information content (AvgIpc) is 3.01. The van der Waals surface area contributed by atoms with Gasteiger partial charge in [0, 0.05) is 22.9 Å². The van der Waals surface area contributed by atoms with Gasteiger partial charge in [-0.2, -0.15) is 0 Å². The summed E-state index contributed by atoms with van der Waals surface area (Å²) in [6.07, 6.45) is 19.7. The molecule has 0 spiro atoms. The van der Waals surface area contributed by atoms with Gasteiger partial charge < -0.3 is 9.80 Å². The highest BCUT2D eigenvalue weighted by Crippen LogP contribution is 2.49. The van der Waals surface area contributed by atoms with Crippen molar-refractivity contribution in [1.82, 2.24) is 0 Å². The molecule has 2 aliphatic heterocycles. The van der Waals surface area contributed by atoms with Gasteiger partial charge in [-0.25, -0.2) is 0 Å². The van der Waals surface area contributed by atoms with Crippen molar-refractivity contribution >= 4 is 46.7 Å². The lowest BCUT2D eigenvalue weighted by molar-refractivity contribution is -0.116. The second-order valence-corrected chi connectivity index (χ2v) is 13.8. The Labute approximate surface area is 263 Å². The number of hydrogen-bond acceptors (Lipinski definition) is 4. The van der Waals surface area contributed by atoms with Gasteiger partial charge in [-0.1, -0.05) is 152 Å². The highest BCUT2D eigenvalue weighted by molar-refractivity contribution is 8.08. The third kappa shape index (κ3) is 8.92. The van der Waals surface area contributed by atoms with Gasteiger partial charge in [-0.3, -0.25) is 9.59 Å². The van der Waals surface area contributed by atoms with Crippen molar-refractivity contribution in [2.45, 2.75) is 126 Å². The van der Waals surface area contributed by atoms with Crippen molar-refractivity contribution in [1.29, 1.82) is 0 Å². The number of fused-ring (bicyclic) bond motifs is 2. The van der Waals surface area contributed by atoms with E-state index in [0.29, 0.717) is 22.9 Å². The molecule has 6 heteroatoms. The smallest absolute Gasteiger partial charge is 0.266 e. The highest BCUT2D eigenvalue weighted by Gasteiger charge is 2.37. The molecule has 2 aliphatic rings. The maximum Gasteiger partial charge on any atom is 0.266 e. The van der Waals surface area contributed by atoms with E-state index < -0.39 is 0 Å². The third-order valence-corrected chi connectivity index (χ3v) is 10.7. The molecule has 0 saturated carbocycles. The fourth-order valence-corrected chi connectivity index (χ4v) is 8.15. The van der Waals surface area contributed by atoms with Crippen LogP contribution in [0.4, 0.5) is 11.4 Å². The van der Waals surface area contributed by atoms with Crippen LogP contribution >= 0.6 is 23.5 Å². The van der Waals surface area contributed by atoms with Crippen LogP contribution in [0.2, 0.25) is 0 Å². The van der Waals surface area contributed by atoms with Crippen molar-refractivity contribution in [3.63, 3.8) is 0 Å². The van der Waals surface area contributed by atoms with E-state index in [9.17, 15) is 9.59 Å². The zero-order valence-corrected chi connectivity index (χ0v) is 27.5. The van der Waals surface area contributed by atoms with Crippen LogP contribution in [0.3, 0.4) is 0 Å². The Morgan fingerprint density at radius 1 is 0.476 bits per heavy atom. The largest absolute Gasteiger partial charge is 0.307 e. The number of benzene rings is 2. The normalized spacial score (nSPS) is 16.6. The molecule has 2 heterocycles. The van der Waals surface area contributed by atoms with Crippen molar-refractivity contribution in [2.75, 3.05) is 22.9 Å². The van der Waals surface area contributed by atoms with Gasteiger partial charge in [-0.15, -0.1) is 0 Å². The summed E-state index contributed by atoms with van der Waals surface area (Å²) in [5.41, 5.74) is 1.95. The average molecular weight is 607 g/mol. The van der Waals surface area contributed by atoms with E-state index in [-0.39, 0.29) is 11.8 Å². The summed E-state index contributed by atoms with van der Waals surface area (Å²) in [5.74, 6) is -0.0483. The van der Waals surface area contributed by atoms with Crippen molar-refractivity contribution < 1.29 is 9.59 Å². The number of nitrogens with zero attached hydrogens (tertiary/aromatic N) is 2. The molecule has 4 nitrogen and oxygen atoms in total. The molecule has 0 unspecified atom stereocenters.